The minimum Gasteiger partial charge on any atom is -0.457 e. The van der Waals surface area contributed by atoms with E-state index in [1.807, 2.05) is 42.5 Å². The normalized spacial score (nSPS) is 17.5. The van der Waals surface area contributed by atoms with Crippen LogP contribution in [0.2, 0.25) is 0 Å². The smallest absolute Gasteiger partial charge is 0.248 e. The lowest BCUT2D eigenvalue weighted by Crippen LogP contribution is -2.36. The van der Waals surface area contributed by atoms with Crippen molar-refractivity contribution >= 4 is 11.0 Å². The number of hydrogen-bond acceptors (Lipinski definition) is 3. The van der Waals surface area contributed by atoms with Gasteiger partial charge in [-0.15, -0.1) is 0 Å². The zero-order valence-corrected chi connectivity index (χ0v) is 14.3. The van der Waals surface area contributed by atoms with Gasteiger partial charge >= 0.3 is 0 Å². The van der Waals surface area contributed by atoms with E-state index in [0.717, 1.165) is 28.1 Å². The molecule has 1 aliphatic rings. The molecule has 0 atom stereocenters. The summed E-state index contributed by atoms with van der Waals surface area (Å²) in [4.78, 5) is 7.25. The molecule has 1 aliphatic carbocycles. The van der Waals surface area contributed by atoms with E-state index in [1.165, 1.54) is 0 Å². The van der Waals surface area contributed by atoms with Crippen molar-refractivity contribution in [3.8, 4) is 11.5 Å². The zero-order chi connectivity index (χ0) is 18.0. The highest BCUT2D eigenvalue weighted by Gasteiger charge is 2.34. The minimum atomic E-state index is -2.48. The molecule has 1 fully saturated rings. The zero-order valence-electron chi connectivity index (χ0n) is 14.3. The van der Waals surface area contributed by atoms with E-state index in [-0.39, 0.29) is 18.9 Å². The molecule has 26 heavy (non-hydrogen) atoms. The fourth-order valence-electron chi connectivity index (χ4n) is 3.30. The van der Waals surface area contributed by atoms with Gasteiger partial charge < -0.3 is 15.0 Å². The highest BCUT2D eigenvalue weighted by atomic mass is 19.3. The Kier molecular flexibility index (Phi) is 4.59. The Balaban J connectivity index is 1.32. The van der Waals surface area contributed by atoms with Gasteiger partial charge in [0.25, 0.3) is 0 Å². The summed E-state index contributed by atoms with van der Waals surface area (Å²) in [7, 11) is 0. The number of nitrogens with one attached hydrogen (secondary N) is 2. The maximum atomic E-state index is 13.2. The van der Waals surface area contributed by atoms with Crippen molar-refractivity contribution in [1.29, 1.82) is 0 Å². The summed E-state index contributed by atoms with van der Waals surface area (Å²) in [5.41, 5.74) is 2.94. The van der Waals surface area contributed by atoms with Crippen LogP contribution in [0.3, 0.4) is 0 Å². The number of ether oxygens (including phenoxy) is 1. The molecule has 1 saturated carbocycles. The van der Waals surface area contributed by atoms with Gasteiger partial charge in [0.2, 0.25) is 5.92 Å². The van der Waals surface area contributed by atoms with Crippen LogP contribution in [0, 0.1) is 0 Å². The van der Waals surface area contributed by atoms with E-state index >= 15 is 0 Å². The fraction of sp³-hybridized carbons (Fsp3) is 0.350. The molecule has 0 amide bonds. The molecule has 0 aliphatic heterocycles. The number of alkyl halides is 2. The summed E-state index contributed by atoms with van der Waals surface area (Å²) >= 11 is 0. The van der Waals surface area contributed by atoms with E-state index < -0.39 is 5.92 Å². The first kappa shape index (κ1) is 17.0. The van der Waals surface area contributed by atoms with Crippen LogP contribution < -0.4 is 10.1 Å². The molecule has 6 heteroatoms. The summed E-state index contributed by atoms with van der Waals surface area (Å²) in [6.07, 6.45) is 2.69. The van der Waals surface area contributed by atoms with Gasteiger partial charge in [-0.25, -0.2) is 13.8 Å². The number of benzene rings is 2. The Morgan fingerprint density at radius 3 is 2.58 bits per heavy atom. The van der Waals surface area contributed by atoms with Crippen LogP contribution in [0.4, 0.5) is 8.78 Å². The summed E-state index contributed by atoms with van der Waals surface area (Å²) < 4.78 is 32.2. The Hall–Kier alpha value is -2.47. The van der Waals surface area contributed by atoms with E-state index in [1.54, 1.807) is 6.33 Å². The summed E-state index contributed by atoms with van der Waals surface area (Å²) in [5.74, 6) is -0.975. The van der Waals surface area contributed by atoms with Crippen molar-refractivity contribution in [3.63, 3.8) is 0 Å². The predicted octanol–water partition coefficient (Wildman–Crippen LogP) is 5.02. The lowest BCUT2D eigenvalue weighted by molar-refractivity contribution is -0.0405. The van der Waals surface area contributed by atoms with Crippen molar-refractivity contribution in [2.45, 2.75) is 44.2 Å². The van der Waals surface area contributed by atoms with Gasteiger partial charge in [0.15, 0.2) is 0 Å². The fourth-order valence-corrected chi connectivity index (χ4v) is 3.30. The van der Waals surface area contributed by atoms with E-state index in [0.29, 0.717) is 19.4 Å². The molecule has 0 radical (unpaired) electrons. The van der Waals surface area contributed by atoms with Gasteiger partial charge in [0.05, 0.1) is 17.4 Å². The third-order valence-corrected chi connectivity index (χ3v) is 4.86. The molecule has 0 unspecified atom stereocenters. The molecular formula is C20H21F2N3O. The number of nitrogens with zero attached hydrogens (tertiary/aromatic N) is 1. The van der Waals surface area contributed by atoms with E-state index in [9.17, 15) is 8.78 Å². The SMILES string of the molecule is FC1(F)CCC(NCc2ccc(Oc3ccc4nc[nH]c4c3)cc2)CC1. The van der Waals surface area contributed by atoms with Gasteiger partial charge in [-0.05, 0) is 42.7 Å². The molecular weight excluding hydrogens is 336 g/mol. The molecule has 4 rings (SSSR count). The third kappa shape index (κ3) is 4.02. The van der Waals surface area contributed by atoms with Gasteiger partial charge in [-0.2, -0.15) is 0 Å². The standard InChI is InChI=1S/C20H21F2N3O/c21-20(22)9-7-15(8-10-20)23-12-14-1-3-16(4-2-14)26-17-5-6-18-19(11-17)25-13-24-18/h1-6,11,13,15,23H,7-10,12H2,(H,24,25). The van der Waals surface area contributed by atoms with Crippen LogP contribution in [-0.2, 0) is 6.54 Å². The van der Waals surface area contributed by atoms with Crippen LogP contribution in [0.5, 0.6) is 11.5 Å². The van der Waals surface area contributed by atoms with Gasteiger partial charge in [0, 0.05) is 31.5 Å². The number of fused-ring (bicyclic) bond motifs is 1. The van der Waals surface area contributed by atoms with Crippen LogP contribution in [-0.4, -0.2) is 21.9 Å². The van der Waals surface area contributed by atoms with Crippen LogP contribution >= 0.6 is 0 Å². The van der Waals surface area contributed by atoms with Gasteiger partial charge in [-0.3, -0.25) is 0 Å². The number of halogens is 2. The Bertz CT molecular complexity index is 866. The second kappa shape index (κ2) is 7.03. The molecule has 1 heterocycles. The van der Waals surface area contributed by atoms with Crippen molar-refractivity contribution in [2.75, 3.05) is 0 Å². The Morgan fingerprint density at radius 1 is 1.08 bits per heavy atom. The highest BCUT2D eigenvalue weighted by Crippen LogP contribution is 2.33. The van der Waals surface area contributed by atoms with Crippen molar-refractivity contribution in [2.24, 2.45) is 0 Å². The highest BCUT2D eigenvalue weighted by molar-refractivity contribution is 5.76. The van der Waals surface area contributed by atoms with Gasteiger partial charge in [-0.1, -0.05) is 12.1 Å². The summed E-state index contributed by atoms with van der Waals surface area (Å²) in [6, 6.07) is 13.7. The molecule has 2 N–H and O–H groups in total. The maximum Gasteiger partial charge on any atom is 0.248 e. The first-order chi connectivity index (χ1) is 12.6. The lowest BCUT2D eigenvalue weighted by atomic mass is 9.92. The largest absolute Gasteiger partial charge is 0.457 e. The molecule has 0 bridgehead atoms. The van der Waals surface area contributed by atoms with Crippen LogP contribution in [0.15, 0.2) is 48.8 Å². The third-order valence-electron chi connectivity index (χ3n) is 4.86. The quantitative estimate of drug-likeness (QED) is 0.674. The Labute approximate surface area is 150 Å². The molecule has 4 nitrogen and oxygen atoms in total. The second-order valence-electron chi connectivity index (χ2n) is 6.84. The number of aromatic nitrogens is 2. The number of rotatable bonds is 5. The second-order valence-corrected chi connectivity index (χ2v) is 6.84. The van der Waals surface area contributed by atoms with Crippen molar-refractivity contribution < 1.29 is 13.5 Å². The number of aromatic amines is 1. The number of hydrogen-bond donors (Lipinski definition) is 2. The van der Waals surface area contributed by atoms with Crippen LogP contribution in [0.1, 0.15) is 31.2 Å². The first-order valence-corrected chi connectivity index (χ1v) is 8.89. The average Bonchev–Trinajstić information content (AvgIpc) is 3.10. The molecule has 0 saturated heterocycles. The van der Waals surface area contributed by atoms with E-state index in [4.69, 9.17) is 4.74 Å². The lowest BCUT2D eigenvalue weighted by Gasteiger charge is -2.28. The van der Waals surface area contributed by atoms with Crippen molar-refractivity contribution in [1.82, 2.24) is 15.3 Å². The number of H-pyrrole nitrogens is 1. The maximum absolute atomic E-state index is 13.2. The number of imidazole rings is 1. The summed E-state index contributed by atoms with van der Waals surface area (Å²) in [6.45, 7) is 0.677. The Morgan fingerprint density at radius 2 is 1.81 bits per heavy atom. The average molecular weight is 357 g/mol. The molecule has 3 aromatic rings. The first-order valence-electron chi connectivity index (χ1n) is 8.89. The monoisotopic (exact) mass is 357 g/mol. The minimum absolute atomic E-state index is 0.0158. The molecule has 2 aromatic carbocycles. The van der Waals surface area contributed by atoms with Crippen molar-refractivity contribution in [3.05, 3.63) is 54.4 Å². The summed E-state index contributed by atoms with van der Waals surface area (Å²) in [5, 5.41) is 3.38. The van der Waals surface area contributed by atoms with E-state index in [2.05, 4.69) is 15.3 Å². The predicted molar refractivity (Wildman–Crippen MR) is 96.7 cm³/mol. The molecule has 0 spiro atoms. The molecule has 136 valence electrons. The molecule has 1 aromatic heterocycles. The topological polar surface area (TPSA) is 49.9 Å². The van der Waals surface area contributed by atoms with Gasteiger partial charge in [0.1, 0.15) is 11.5 Å². The van der Waals surface area contributed by atoms with Crippen LogP contribution in [0.25, 0.3) is 11.0 Å².